The van der Waals surface area contributed by atoms with Crippen LogP contribution in [0, 0.1) is 5.82 Å². The van der Waals surface area contributed by atoms with Crippen molar-refractivity contribution in [3.8, 4) is 11.5 Å². The molecular weight excluding hydrogens is 337 g/mol. The van der Waals surface area contributed by atoms with Gasteiger partial charge in [-0.2, -0.15) is 0 Å². The molecule has 8 heteroatoms. The van der Waals surface area contributed by atoms with E-state index in [0.717, 1.165) is 0 Å². The number of nitrogens with zero attached hydrogens (tertiary/aromatic N) is 3. The van der Waals surface area contributed by atoms with E-state index in [1.165, 1.54) is 42.6 Å². The Bertz CT molecular complexity index is 850. The smallest absolute Gasteiger partial charge is 0.340 e. The molecular formula is C16H11ClFN3O3. The van der Waals surface area contributed by atoms with Crippen molar-refractivity contribution >= 4 is 17.6 Å². The van der Waals surface area contributed by atoms with Crippen molar-refractivity contribution in [3.05, 3.63) is 65.0 Å². The normalized spacial score (nSPS) is 12.0. The highest BCUT2D eigenvalue weighted by atomic mass is 35.5. The minimum Gasteiger partial charge on any atom is -0.449 e. The second-order valence-corrected chi connectivity index (χ2v) is 5.26. The van der Waals surface area contributed by atoms with Gasteiger partial charge in [0.25, 0.3) is 5.89 Å². The Morgan fingerprint density at radius 1 is 1.21 bits per heavy atom. The molecule has 3 aromatic rings. The number of carbonyl (C=O) groups excluding carboxylic acids is 1. The summed E-state index contributed by atoms with van der Waals surface area (Å²) in [5.41, 5.74) is 0.820. The van der Waals surface area contributed by atoms with Gasteiger partial charge in [-0.05, 0) is 43.3 Å². The number of hydrogen-bond acceptors (Lipinski definition) is 6. The van der Waals surface area contributed by atoms with Crippen LogP contribution in [-0.2, 0) is 4.74 Å². The number of carbonyl (C=O) groups is 1. The molecule has 6 nitrogen and oxygen atoms in total. The predicted molar refractivity (Wildman–Crippen MR) is 82.8 cm³/mol. The Balaban J connectivity index is 1.71. The van der Waals surface area contributed by atoms with Gasteiger partial charge in [0.15, 0.2) is 6.10 Å². The highest BCUT2D eigenvalue weighted by Gasteiger charge is 2.20. The van der Waals surface area contributed by atoms with Crippen molar-refractivity contribution in [2.24, 2.45) is 0 Å². The van der Waals surface area contributed by atoms with Gasteiger partial charge >= 0.3 is 5.97 Å². The van der Waals surface area contributed by atoms with Crippen molar-refractivity contribution in [1.82, 2.24) is 15.2 Å². The minimum absolute atomic E-state index is 0.129. The molecule has 0 aliphatic carbocycles. The number of aromatic nitrogens is 3. The first-order chi connectivity index (χ1) is 11.5. The molecule has 0 amide bonds. The Morgan fingerprint density at radius 3 is 2.62 bits per heavy atom. The Hall–Kier alpha value is -2.80. The van der Waals surface area contributed by atoms with Gasteiger partial charge in [0.2, 0.25) is 5.89 Å². The number of rotatable bonds is 4. The van der Waals surface area contributed by atoms with Crippen LogP contribution in [0.25, 0.3) is 11.5 Å². The average Bonchev–Trinajstić information content (AvgIpc) is 3.06. The largest absolute Gasteiger partial charge is 0.449 e. The van der Waals surface area contributed by atoms with Crippen LogP contribution >= 0.6 is 11.6 Å². The van der Waals surface area contributed by atoms with E-state index in [1.54, 1.807) is 6.92 Å². The molecule has 0 saturated carbocycles. The molecule has 2 aromatic heterocycles. The zero-order valence-corrected chi connectivity index (χ0v) is 13.2. The third-order valence-corrected chi connectivity index (χ3v) is 3.35. The summed E-state index contributed by atoms with van der Waals surface area (Å²) in [7, 11) is 0. The van der Waals surface area contributed by atoms with Crippen molar-refractivity contribution in [3.63, 3.8) is 0 Å². The lowest BCUT2D eigenvalue weighted by atomic mass is 10.2. The fourth-order valence-electron chi connectivity index (χ4n) is 1.88. The van der Waals surface area contributed by atoms with Crippen LogP contribution in [-0.4, -0.2) is 21.2 Å². The molecule has 2 heterocycles. The molecule has 0 aliphatic rings. The number of benzene rings is 1. The Labute approximate surface area is 141 Å². The van der Waals surface area contributed by atoms with Gasteiger partial charge < -0.3 is 9.15 Å². The maximum atomic E-state index is 12.9. The monoisotopic (exact) mass is 347 g/mol. The van der Waals surface area contributed by atoms with Crippen molar-refractivity contribution in [2.45, 2.75) is 13.0 Å². The highest BCUT2D eigenvalue weighted by Crippen LogP contribution is 2.23. The van der Waals surface area contributed by atoms with E-state index in [4.69, 9.17) is 20.8 Å². The third kappa shape index (κ3) is 3.57. The topological polar surface area (TPSA) is 78.1 Å². The van der Waals surface area contributed by atoms with Crippen LogP contribution in [0.3, 0.4) is 0 Å². The molecule has 0 N–H and O–H groups in total. The van der Waals surface area contributed by atoms with Gasteiger partial charge in [-0.1, -0.05) is 11.6 Å². The van der Waals surface area contributed by atoms with E-state index in [1.807, 2.05) is 0 Å². The van der Waals surface area contributed by atoms with Crippen molar-refractivity contribution in [2.75, 3.05) is 0 Å². The SMILES string of the molecule is C[C@@H](OC(=O)c1ccc(Cl)nc1)c1nnc(-c2ccc(F)cc2)o1. The van der Waals surface area contributed by atoms with Gasteiger partial charge in [0, 0.05) is 11.8 Å². The zero-order valence-electron chi connectivity index (χ0n) is 12.4. The van der Waals surface area contributed by atoms with E-state index >= 15 is 0 Å². The summed E-state index contributed by atoms with van der Waals surface area (Å²) < 4.78 is 23.6. The molecule has 0 fully saturated rings. The van der Waals surface area contributed by atoms with Crippen molar-refractivity contribution in [1.29, 1.82) is 0 Å². The molecule has 0 unspecified atom stereocenters. The zero-order chi connectivity index (χ0) is 17.1. The lowest BCUT2D eigenvalue weighted by Gasteiger charge is -2.09. The number of hydrogen-bond donors (Lipinski definition) is 0. The fraction of sp³-hybridized carbons (Fsp3) is 0.125. The first kappa shape index (κ1) is 16.1. The minimum atomic E-state index is -0.755. The summed E-state index contributed by atoms with van der Waals surface area (Å²) in [5.74, 6) is -0.615. The van der Waals surface area contributed by atoms with Crippen LogP contribution in [0.2, 0.25) is 5.15 Å². The molecule has 0 spiro atoms. The summed E-state index contributed by atoms with van der Waals surface area (Å²) in [6, 6.07) is 8.60. The molecule has 1 atom stereocenters. The summed E-state index contributed by atoms with van der Waals surface area (Å²) >= 11 is 5.67. The van der Waals surface area contributed by atoms with Gasteiger partial charge in [0.05, 0.1) is 5.56 Å². The highest BCUT2D eigenvalue weighted by molar-refractivity contribution is 6.29. The van der Waals surface area contributed by atoms with E-state index in [-0.39, 0.29) is 28.3 Å². The van der Waals surface area contributed by atoms with Crippen LogP contribution in [0.4, 0.5) is 4.39 Å². The number of halogens is 2. The number of pyridine rings is 1. The third-order valence-electron chi connectivity index (χ3n) is 3.13. The first-order valence-electron chi connectivity index (χ1n) is 6.95. The van der Waals surface area contributed by atoms with Crippen LogP contribution in [0.5, 0.6) is 0 Å². The lowest BCUT2D eigenvalue weighted by molar-refractivity contribution is 0.0279. The average molecular weight is 348 g/mol. The molecule has 0 saturated heterocycles. The molecule has 0 radical (unpaired) electrons. The van der Waals surface area contributed by atoms with Gasteiger partial charge in [-0.3, -0.25) is 0 Å². The molecule has 122 valence electrons. The second-order valence-electron chi connectivity index (χ2n) is 4.87. The molecule has 3 rings (SSSR count). The van der Waals surface area contributed by atoms with E-state index in [9.17, 15) is 9.18 Å². The number of esters is 1. The molecule has 1 aromatic carbocycles. The van der Waals surface area contributed by atoms with Gasteiger partial charge in [-0.15, -0.1) is 10.2 Å². The standard InChI is InChI=1S/C16H11ClFN3O3/c1-9(23-16(22)11-4-7-13(17)19-8-11)14-20-21-15(24-14)10-2-5-12(18)6-3-10/h2-9H,1H3/t9-/m1/s1. The molecule has 24 heavy (non-hydrogen) atoms. The summed E-state index contributed by atoms with van der Waals surface area (Å²) in [6.45, 7) is 1.60. The van der Waals surface area contributed by atoms with Crippen LogP contribution in [0.1, 0.15) is 29.3 Å². The fourth-order valence-corrected chi connectivity index (χ4v) is 2.00. The van der Waals surface area contributed by atoms with Gasteiger partial charge in [-0.25, -0.2) is 14.2 Å². The maximum Gasteiger partial charge on any atom is 0.340 e. The summed E-state index contributed by atoms with van der Waals surface area (Å²) in [4.78, 5) is 15.8. The van der Waals surface area contributed by atoms with Gasteiger partial charge in [0.1, 0.15) is 11.0 Å². The Morgan fingerprint density at radius 2 is 1.96 bits per heavy atom. The first-order valence-corrected chi connectivity index (χ1v) is 7.32. The summed E-state index contributed by atoms with van der Waals surface area (Å²) in [6.07, 6.45) is 0.560. The molecule has 0 aliphatic heterocycles. The van der Waals surface area contributed by atoms with Crippen molar-refractivity contribution < 1.29 is 18.3 Å². The summed E-state index contributed by atoms with van der Waals surface area (Å²) in [5, 5.41) is 8.00. The van der Waals surface area contributed by atoms with E-state index < -0.39 is 12.1 Å². The molecule has 0 bridgehead atoms. The quantitative estimate of drug-likeness (QED) is 0.527. The van der Waals surface area contributed by atoms with E-state index in [0.29, 0.717) is 5.56 Å². The van der Waals surface area contributed by atoms with E-state index in [2.05, 4.69) is 15.2 Å². The van der Waals surface area contributed by atoms with Crippen LogP contribution in [0.15, 0.2) is 47.0 Å². The Kier molecular flexibility index (Phi) is 4.52. The second kappa shape index (κ2) is 6.76. The predicted octanol–water partition coefficient (Wildman–Crippen LogP) is 3.84. The maximum absolute atomic E-state index is 12.9. The van der Waals surface area contributed by atoms with Crippen LogP contribution < -0.4 is 0 Å². The lowest BCUT2D eigenvalue weighted by Crippen LogP contribution is -2.09. The number of ether oxygens (including phenoxy) is 1.